The van der Waals surface area contributed by atoms with E-state index in [4.69, 9.17) is 0 Å². The minimum atomic E-state index is -0.479. The summed E-state index contributed by atoms with van der Waals surface area (Å²) in [6.45, 7) is 2.37. The molecule has 1 amide bonds. The number of amides is 1. The van der Waals surface area contributed by atoms with Gasteiger partial charge in [-0.15, -0.1) is 11.8 Å². The van der Waals surface area contributed by atoms with Gasteiger partial charge in [0.05, 0.1) is 5.75 Å². The lowest BCUT2D eigenvalue weighted by Gasteiger charge is -2.23. The van der Waals surface area contributed by atoms with E-state index in [0.29, 0.717) is 23.5 Å². The fourth-order valence-corrected chi connectivity index (χ4v) is 3.73. The molecule has 0 bridgehead atoms. The lowest BCUT2D eigenvalue weighted by Crippen LogP contribution is -2.31. The Kier molecular flexibility index (Phi) is 7.19. The molecule has 29 heavy (non-hydrogen) atoms. The van der Waals surface area contributed by atoms with Gasteiger partial charge in [-0.1, -0.05) is 66.7 Å². The summed E-state index contributed by atoms with van der Waals surface area (Å²) >= 11 is 1.15. The number of hydrogen-bond acceptors (Lipinski definition) is 3. The number of halogens is 1. The molecule has 148 valence electrons. The zero-order chi connectivity index (χ0) is 20.6. The Balaban J connectivity index is 1.71. The SMILES string of the molecule is CC(=O)c1ccc(SCC(=O)N(Cc2ccccc2)Cc2ccccc2)c(F)c1. The first-order valence-electron chi connectivity index (χ1n) is 9.32. The second kappa shape index (κ2) is 10.0. The predicted molar refractivity (Wildman–Crippen MR) is 114 cm³/mol. The van der Waals surface area contributed by atoms with Gasteiger partial charge in [0.1, 0.15) is 5.82 Å². The molecule has 0 aliphatic rings. The number of benzene rings is 3. The second-order valence-electron chi connectivity index (χ2n) is 6.71. The van der Waals surface area contributed by atoms with E-state index in [1.165, 1.54) is 13.0 Å². The van der Waals surface area contributed by atoms with Crippen molar-refractivity contribution >= 4 is 23.5 Å². The van der Waals surface area contributed by atoms with E-state index in [-0.39, 0.29) is 17.4 Å². The summed E-state index contributed by atoms with van der Waals surface area (Å²) in [6.07, 6.45) is 0. The van der Waals surface area contributed by atoms with Gasteiger partial charge in [0.15, 0.2) is 5.78 Å². The first-order valence-corrected chi connectivity index (χ1v) is 10.3. The number of nitrogens with zero attached hydrogens (tertiary/aromatic N) is 1. The van der Waals surface area contributed by atoms with Crippen molar-refractivity contribution in [1.29, 1.82) is 0 Å². The Labute approximate surface area is 174 Å². The fraction of sp³-hybridized carbons (Fsp3) is 0.167. The maximum absolute atomic E-state index is 14.3. The molecule has 0 aromatic heterocycles. The maximum atomic E-state index is 14.3. The van der Waals surface area contributed by atoms with Crippen LogP contribution in [0.2, 0.25) is 0 Å². The molecule has 0 heterocycles. The summed E-state index contributed by atoms with van der Waals surface area (Å²) in [7, 11) is 0. The molecule has 0 unspecified atom stereocenters. The molecule has 0 fully saturated rings. The van der Waals surface area contributed by atoms with Crippen molar-refractivity contribution in [3.05, 3.63) is 101 Å². The molecule has 0 N–H and O–H groups in total. The summed E-state index contributed by atoms with van der Waals surface area (Å²) in [5, 5.41) is 0. The van der Waals surface area contributed by atoms with Gasteiger partial charge in [-0.3, -0.25) is 9.59 Å². The van der Waals surface area contributed by atoms with E-state index in [0.717, 1.165) is 22.9 Å². The summed E-state index contributed by atoms with van der Waals surface area (Å²) in [6, 6.07) is 24.0. The average molecular weight is 408 g/mol. The van der Waals surface area contributed by atoms with Crippen LogP contribution in [-0.4, -0.2) is 22.3 Å². The number of hydrogen-bond donors (Lipinski definition) is 0. The highest BCUT2D eigenvalue weighted by molar-refractivity contribution is 8.00. The Morgan fingerprint density at radius 1 is 0.862 bits per heavy atom. The number of carbonyl (C=O) groups excluding carboxylic acids is 2. The Hall–Kier alpha value is -2.92. The van der Waals surface area contributed by atoms with Gasteiger partial charge in [0.2, 0.25) is 5.91 Å². The van der Waals surface area contributed by atoms with Gasteiger partial charge in [0, 0.05) is 23.5 Å². The van der Waals surface area contributed by atoms with Crippen LogP contribution in [0.1, 0.15) is 28.4 Å². The number of rotatable bonds is 8. The number of ketones is 1. The van der Waals surface area contributed by atoms with Gasteiger partial charge in [-0.25, -0.2) is 4.39 Å². The molecule has 3 rings (SSSR count). The van der Waals surface area contributed by atoms with E-state index in [9.17, 15) is 14.0 Å². The minimum Gasteiger partial charge on any atom is -0.333 e. The topological polar surface area (TPSA) is 37.4 Å². The third kappa shape index (κ3) is 6.03. The van der Waals surface area contributed by atoms with Crippen molar-refractivity contribution in [3.8, 4) is 0 Å². The molecule has 0 saturated heterocycles. The van der Waals surface area contributed by atoms with E-state index in [1.54, 1.807) is 17.0 Å². The van der Waals surface area contributed by atoms with Crippen LogP contribution in [0.5, 0.6) is 0 Å². The molecular formula is C24H22FNO2S. The monoisotopic (exact) mass is 407 g/mol. The minimum absolute atomic E-state index is 0.0715. The van der Waals surface area contributed by atoms with Crippen molar-refractivity contribution in [1.82, 2.24) is 4.90 Å². The van der Waals surface area contributed by atoms with Crippen LogP contribution in [0.4, 0.5) is 4.39 Å². The molecule has 0 radical (unpaired) electrons. The number of thioether (sulfide) groups is 1. The van der Waals surface area contributed by atoms with Gasteiger partial charge in [-0.2, -0.15) is 0 Å². The molecule has 0 saturated carbocycles. The van der Waals surface area contributed by atoms with Crippen LogP contribution in [0.25, 0.3) is 0 Å². The van der Waals surface area contributed by atoms with Crippen LogP contribution in [0.15, 0.2) is 83.8 Å². The first-order chi connectivity index (χ1) is 14.0. The molecule has 0 atom stereocenters. The second-order valence-corrected chi connectivity index (χ2v) is 7.73. The molecular weight excluding hydrogens is 385 g/mol. The highest BCUT2D eigenvalue weighted by Crippen LogP contribution is 2.24. The van der Waals surface area contributed by atoms with Crippen LogP contribution < -0.4 is 0 Å². The largest absolute Gasteiger partial charge is 0.333 e. The molecule has 0 aliphatic carbocycles. The first kappa shape index (κ1) is 20.8. The molecule has 3 nitrogen and oxygen atoms in total. The smallest absolute Gasteiger partial charge is 0.233 e. The Bertz CT molecular complexity index is 935. The summed E-state index contributed by atoms with van der Waals surface area (Å²) in [5.41, 5.74) is 2.41. The normalized spacial score (nSPS) is 10.6. The van der Waals surface area contributed by atoms with Crippen molar-refractivity contribution in [3.63, 3.8) is 0 Å². The maximum Gasteiger partial charge on any atom is 0.233 e. The molecule has 0 aliphatic heterocycles. The number of Topliss-reactive ketones (excluding diaryl/α,β-unsaturated/α-hetero) is 1. The van der Waals surface area contributed by atoms with Gasteiger partial charge in [0.25, 0.3) is 0 Å². The number of carbonyl (C=O) groups is 2. The lowest BCUT2D eigenvalue weighted by atomic mass is 10.1. The van der Waals surface area contributed by atoms with Crippen molar-refractivity contribution in [2.45, 2.75) is 24.9 Å². The summed E-state index contributed by atoms with van der Waals surface area (Å²) in [4.78, 5) is 26.5. The van der Waals surface area contributed by atoms with E-state index < -0.39 is 5.82 Å². The Morgan fingerprint density at radius 2 is 1.41 bits per heavy atom. The van der Waals surface area contributed by atoms with Crippen LogP contribution >= 0.6 is 11.8 Å². The quantitative estimate of drug-likeness (QED) is 0.373. The van der Waals surface area contributed by atoms with Crippen LogP contribution in [-0.2, 0) is 17.9 Å². The average Bonchev–Trinajstić information content (AvgIpc) is 2.73. The highest BCUT2D eigenvalue weighted by atomic mass is 32.2. The van der Waals surface area contributed by atoms with E-state index in [1.807, 2.05) is 60.7 Å². The molecule has 5 heteroatoms. The van der Waals surface area contributed by atoms with Gasteiger partial charge < -0.3 is 4.90 Å². The standard InChI is InChI=1S/C24H22FNO2S/c1-18(27)21-12-13-23(22(25)14-21)29-17-24(28)26(15-19-8-4-2-5-9-19)16-20-10-6-3-7-11-20/h2-14H,15-17H2,1H3. The van der Waals surface area contributed by atoms with E-state index >= 15 is 0 Å². The fourth-order valence-electron chi connectivity index (χ4n) is 2.91. The Morgan fingerprint density at radius 3 is 1.90 bits per heavy atom. The van der Waals surface area contributed by atoms with Crippen LogP contribution in [0, 0.1) is 5.82 Å². The highest BCUT2D eigenvalue weighted by Gasteiger charge is 2.16. The van der Waals surface area contributed by atoms with Gasteiger partial charge >= 0.3 is 0 Å². The molecule has 3 aromatic carbocycles. The summed E-state index contributed by atoms with van der Waals surface area (Å²) < 4.78 is 14.3. The van der Waals surface area contributed by atoms with Crippen molar-refractivity contribution in [2.24, 2.45) is 0 Å². The van der Waals surface area contributed by atoms with Crippen molar-refractivity contribution < 1.29 is 14.0 Å². The predicted octanol–water partition coefficient (Wildman–Crippen LogP) is 5.35. The van der Waals surface area contributed by atoms with Crippen molar-refractivity contribution in [2.75, 3.05) is 5.75 Å². The van der Waals surface area contributed by atoms with Crippen LogP contribution in [0.3, 0.4) is 0 Å². The van der Waals surface area contributed by atoms with Gasteiger partial charge in [-0.05, 0) is 30.2 Å². The zero-order valence-electron chi connectivity index (χ0n) is 16.2. The molecule has 0 spiro atoms. The third-order valence-corrected chi connectivity index (χ3v) is 5.51. The van der Waals surface area contributed by atoms with E-state index in [2.05, 4.69) is 0 Å². The third-order valence-electron chi connectivity index (χ3n) is 4.47. The zero-order valence-corrected chi connectivity index (χ0v) is 17.0. The summed E-state index contributed by atoms with van der Waals surface area (Å²) in [5.74, 6) is -0.616. The molecule has 3 aromatic rings. The lowest BCUT2D eigenvalue weighted by molar-refractivity contribution is -0.129.